The number of halogens is 3. The molecule has 2 amide bonds. The highest BCUT2D eigenvalue weighted by Crippen LogP contribution is 2.38. The molecule has 8 heteroatoms. The van der Waals surface area contributed by atoms with E-state index in [4.69, 9.17) is 5.11 Å². The van der Waals surface area contributed by atoms with Crippen LogP contribution in [0.15, 0.2) is 36.7 Å². The van der Waals surface area contributed by atoms with Crippen LogP contribution < -0.4 is 5.32 Å². The molecule has 150 valence electrons. The van der Waals surface area contributed by atoms with Gasteiger partial charge >= 0.3 is 12.6 Å². The first kappa shape index (κ1) is 20.1. The topological polar surface area (TPSA) is 65.5 Å². The second kappa shape index (κ2) is 8.60. The van der Waals surface area contributed by atoms with Gasteiger partial charge in [-0.15, -0.1) is 0 Å². The first-order chi connectivity index (χ1) is 13.3. The number of benzene rings is 1. The quantitative estimate of drug-likeness (QED) is 0.786. The summed E-state index contributed by atoms with van der Waals surface area (Å²) in [5.41, 5.74) is 3.34. The number of rotatable bonds is 2. The third-order valence-corrected chi connectivity index (χ3v) is 5.14. The maximum absolute atomic E-state index is 13.4. The van der Waals surface area contributed by atoms with Crippen LogP contribution >= 0.6 is 0 Å². The Kier molecular flexibility index (Phi) is 6.18. The zero-order valence-electron chi connectivity index (χ0n) is 15.4. The summed E-state index contributed by atoms with van der Waals surface area (Å²) >= 11 is 0. The van der Waals surface area contributed by atoms with Crippen molar-refractivity contribution < 1.29 is 23.1 Å². The van der Waals surface area contributed by atoms with Gasteiger partial charge in [0, 0.05) is 29.5 Å². The van der Waals surface area contributed by atoms with Crippen LogP contribution in [0.25, 0.3) is 11.1 Å². The summed E-state index contributed by atoms with van der Waals surface area (Å²) in [6.45, 7) is -1.20. The summed E-state index contributed by atoms with van der Waals surface area (Å²) in [4.78, 5) is 18.4. The van der Waals surface area contributed by atoms with Gasteiger partial charge in [0.1, 0.15) is 5.82 Å². The predicted molar refractivity (Wildman–Crippen MR) is 99.5 cm³/mol. The molecule has 2 atom stereocenters. The Hall–Kier alpha value is -2.61. The smallest absolute Gasteiger partial charge is 0.339 e. The van der Waals surface area contributed by atoms with Gasteiger partial charge in [-0.25, -0.2) is 9.18 Å². The Morgan fingerprint density at radius 3 is 2.54 bits per heavy atom. The third-order valence-electron chi connectivity index (χ3n) is 5.14. The minimum absolute atomic E-state index is 0.0249. The van der Waals surface area contributed by atoms with E-state index in [1.807, 2.05) is 30.0 Å². The zero-order valence-corrected chi connectivity index (χ0v) is 15.4. The van der Waals surface area contributed by atoms with Crippen LogP contribution in [0.2, 0.25) is 0 Å². The number of aliphatic hydroxyl groups excluding tert-OH is 1. The minimum Gasteiger partial charge on any atom is -0.339 e. The van der Waals surface area contributed by atoms with Crippen LogP contribution in [0.5, 0.6) is 0 Å². The number of aliphatic hydroxyl groups is 1. The Balaban J connectivity index is 0.000000516. The lowest BCUT2D eigenvalue weighted by Gasteiger charge is -2.52. The lowest BCUT2D eigenvalue weighted by atomic mass is 9.80. The summed E-state index contributed by atoms with van der Waals surface area (Å²) in [5.74, 6) is -0.366. The molecule has 4 rings (SSSR count). The van der Waals surface area contributed by atoms with Crippen LogP contribution in [0.1, 0.15) is 31.2 Å². The van der Waals surface area contributed by atoms with Crippen molar-refractivity contribution in [1.29, 1.82) is 0 Å². The number of urea groups is 1. The number of aromatic nitrogens is 1. The van der Waals surface area contributed by atoms with E-state index < -0.39 is 6.61 Å². The summed E-state index contributed by atoms with van der Waals surface area (Å²) in [7, 11) is 0. The van der Waals surface area contributed by atoms with Crippen LogP contribution in [0.4, 0.5) is 23.7 Å². The first-order valence-electron chi connectivity index (χ1n) is 9.12. The number of amides is 2. The van der Waals surface area contributed by atoms with Crippen molar-refractivity contribution in [3.8, 4) is 11.1 Å². The minimum atomic E-state index is -3.17. The molecule has 0 radical (unpaired) electrons. The van der Waals surface area contributed by atoms with Gasteiger partial charge < -0.3 is 15.3 Å². The number of carbonyl (C=O) groups is 1. The summed E-state index contributed by atoms with van der Waals surface area (Å²) in [5, 5.41) is 9.72. The molecule has 1 aromatic carbocycles. The van der Waals surface area contributed by atoms with Crippen molar-refractivity contribution in [2.45, 2.75) is 51.3 Å². The van der Waals surface area contributed by atoms with Crippen molar-refractivity contribution in [1.82, 2.24) is 9.88 Å². The number of hydrogen-bond acceptors (Lipinski definition) is 3. The summed E-state index contributed by atoms with van der Waals surface area (Å²) in [6.07, 6.45) is 7.40. The van der Waals surface area contributed by atoms with Crippen molar-refractivity contribution in [3.63, 3.8) is 0 Å². The number of anilines is 1. The average Bonchev–Trinajstić information content (AvgIpc) is 2.63. The number of piperidine rings is 1. The highest BCUT2D eigenvalue weighted by molar-refractivity contribution is 5.91. The Bertz CT molecular complexity index is 830. The second-order valence-electron chi connectivity index (χ2n) is 7.01. The van der Waals surface area contributed by atoms with E-state index in [0.717, 1.165) is 36.1 Å². The molecule has 28 heavy (non-hydrogen) atoms. The van der Waals surface area contributed by atoms with E-state index in [9.17, 15) is 18.0 Å². The van der Waals surface area contributed by atoms with E-state index in [-0.39, 0.29) is 11.8 Å². The fourth-order valence-electron chi connectivity index (χ4n) is 3.89. The monoisotopic (exact) mass is 393 g/mol. The predicted octanol–water partition coefficient (Wildman–Crippen LogP) is 4.56. The number of carbonyl (C=O) groups excluding carboxylic acids is 1. The van der Waals surface area contributed by atoms with Gasteiger partial charge in [0.2, 0.25) is 0 Å². The molecule has 2 aliphatic rings. The molecule has 2 aromatic rings. The fraction of sp³-hybridized carbons (Fsp3) is 0.400. The van der Waals surface area contributed by atoms with Crippen molar-refractivity contribution in [3.05, 3.63) is 48.0 Å². The lowest BCUT2D eigenvalue weighted by molar-refractivity contribution is -0.0728. The number of pyridine rings is 1. The molecule has 0 spiro atoms. The van der Waals surface area contributed by atoms with Gasteiger partial charge in [0.15, 0.2) is 0 Å². The molecule has 2 bridgehead atoms. The normalized spacial score (nSPS) is 20.1. The summed E-state index contributed by atoms with van der Waals surface area (Å²) < 4.78 is 33.2. The SMILES string of the molecule is Cc1ccc(NC(=O)N2C3CCC[C@@H]2C3)cc1-c1cncc(F)c1.OC(F)F. The van der Waals surface area contributed by atoms with Crippen LogP contribution in [0, 0.1) is 12.7 Å². The lowest BCUT2D eigenvalue weighted by Crippen LogP contribution is -2.62. The molecule has 1 aromatic heterocycles. The summed E-state index contributed by atoms with van der Waals surface area (Å²) in [6, 6.07) is 7.96. The van der Waals surface area contributed by atoms with Crippen LogP contribution in [-0.4, -0.2) is 39.7 Å². The average molecular weight is 393 g/mol. The number of fused-ring (bicyclic) bond motifs is 2. The molecule has 2 N–H and O–H groups in total. The maximum Gasteiger partial charge on any atom is 0.342 e. The highest BCUT2D eigenvalue weighted by atomic mass is 19.3. The fourth-order valence-corrected chi connectivity index (χ4v) is 3.89. The molecule has 1 unspecified atom stereocenters. The largest absolute Gasteiger partial charge is 0.342 e. The van der Waals surface area contributed by atoms with Gasteiger partial charge in [0.25, 0.3) is 0 Å². The van der Waals surface area contributed by atoms with Crippen molar-refractivity contribution >= 4 is 11.7 Å². The molecule has 2 fully saturated rings. The first-order valence-corrected chi connectivity index (χ1v) is 9.12. The van der Waals surface area contributed by atoms with E-state index in [1.165, 1.54) is 18.7 Å². The number of hydrogen-bond donors (Lipinski definition) is 2. The van der Waals surface area contributed by atoms with Crippen molar-refractivity contribution in [2.24, 2.45) is 0 Å². The third kappa shape index (κ3) is 4.62. The van der Waals surface area contributed by atoms with E-state index in [2.05, 4.69) is 10.3 Å². The molecule has 2 saturated heterocycles. The van der Waals surface area contributed by atoms with E-state index in [0.29, 0.717) is 17.6 Å². The molecule has 0 aliphatic carbocycles. The molecular formula is C20H22F3N3O2. The van der Waals surface area contributed by atoms with Gasteiger partial charge in [0.05, 0.1) is 6.20 Å². The van der Waals surface area contributed by atoms with Gasteiger partial charge in [-0.2, -0.15) is 8.78 Å². The number of alkyl halides is 2. The number of nitrogens with one attached hydrogen (secondary N) is 1. The number of nitrogens with zero attached hydrogens (tertiary/aromatic N) is 2. The Morgan fingerprint density at radius 2 is 1.93 bits per heavy atom. The molecule has 5 nitrogen and oxygen atoms in total. The van der Waals surface area contributed by atoms with Gasteiger partial charge in [-0.1, -0.05) is 6.07 Å². The van der Waals surface area contributed by atoms with E-state index in [1.54, 1.807) is 6.20 Å². The standard InChI is InChI=1S/C19H20FN3O.CH2F2O/c1-12-5-6-15(8-18(12)13-7-14(20)11-21-10-13)22-19(24)23-16-3-2-4-17(23)9-16;2-1(3)4/h5-8,10-11,16-17H,2-4,9H2,1H3,(H,22,24);1,4H/t16-,17?;/m1./s1. The van der Waals surface area contributed by atoms with Gasteiger partial charge in [-0.3, -0.25) is 4.98 Å². The maximum atomic E-state index is 13.4. The Labute approximate surface area is 161 Å². The Morgan fingerprint density at radius 1 is 1.25 bits per heavy atom. The molecular weight excluding hydrogens is 371 g/mol. The van der Waals surface area contributed by atoms with Crippen LogP contribution in [0.3, 0.4) is 0 Å². The van der Waals surface area contributed by atoms with Gasteiger partial charge in [-0.05, 0) is 61.9 Å². The molecule has 0 saturated carbocycles. The molecule has 2 aliphatic heterocycles. The van der Waals surface area contributed by atoms with E-state index >= 15 is 0 Å². The van der Waals surface area contributed by atoms with Crippen LogP contribution in [-0.2, 0) is 0 Å². The van der Waals surface area contributed by atoms with Crippen molar-refractivity contribution in [2.75, 3.05) is 5.32 Å². The molecule has 3 heterocycles. The highest BCUT2D eigenvalue weighted by Gasteiger charge is 2.44. The zero-order chi connectivity index (χ0) is 20.3. The second-order valence-corrected chi connectivity index (χ2v) is 7.01. The number of aryl methyl sites for hydroxylation is 1.